The molecule has 0 radical (unpaired) electrons. The monoisotopic (exact) mass is 583 g/mol. The largest absolute Gasteiger partial charge is 0.449 e. The molecule has 0 aliphatic carbocycles. The van der Waals surface area contributed by atoms with Crippen LogP contribution >= 0.6 is 0 Å². The lowest BCUT2D eigenvalue weighted by Gasteiger charge is -2.35. The Labute approximate surface area is 239 Å². The highest BCUT2D eigenvalue weighted by molar-refractivity contribution is 5.88. The number of halogens is 4. The van der Waals surface area contributed by atoms with Crippen LogP contribution in [0.1, 0.15) is 37.4 Å². The molecule has 1 aliphatic rings. The molecule has 1 amide bonds. The van der Waals surface area contributed by atoms with Gasteiger partial charge in [0.15, 0.2) is 5.82 Å². The van der Waals surface area contributed by atoms with E-state index in [0.29, 0.717) is 38.6 Å². The lowest BCUT2D eigenvalue weighted by atomic mass is 10.0. The first-order chi connectivity index (χ1) is 20.2. The second kappa shape index (κ2) is 12.5. The Morgan fingerprint density at radius 1 is 1.02 bits per heavy atom. The highest BCUT2D eigenvalue weighted by atomic mass is 19.3. The van der Waals surface area contributed by atoms with Crippen molar-refractivity contribution in [2.75, 3.05) is 43.0 Å². The van der Waals surface area contributed by atoms with Gasteiger partial charge in [-0.1, -0.05) is 13.3 Å². The molecule has 4 heterocycles. The summed E-state index contributed by atoms with van der Waals surface area (Å²) in [5, 5.41) is 2.77. The van der Waals surface area contributed by atoms with Crippen LogP contribution in [-0.4, -0.2) is 63.7 Å². The second-order valence-corrected chi connectivity index (χ2v) is 9.87. The molecule has 1 saturated heterocycles. The van der Waals surface area contributed by atoms with Crippen molar-refractivity contribution >= 4 is 34.4 Å². The van der Waals surface area contributed by atoms with E-state index in [1.54, 1.807) is 17.2 Å². The molecular formula is C29H29F4N7O2. The molecule has 4 aromatic rings. The fourth-order valence-electron chi connectivity index (χ4n) is 4.70. The fraction of sp³-hybridized carbons (Fsp3) is 0.345. The summed E-state index contributed by atoms with van der Waals surface area (Å²) < 4.78 is 62.3. The molecule has 0 spiro atoms. The van der Waals surface area contributed by atoms with Gasteiger partial charge in [0, 0.05) is 48.4 Å². The number of hydrogen-bond donors (Lipinski definition) is 1. The van der Waals surface area contributed by atoms with E-state index in [0.717, 1.165) is 30.8 Å². The third-order valence-corrected chi connectivity index (χ3v) is 6.89. The SMILES string of the molecule is CCCCOC(=O)N1CCN(c2ccc(Nc3ncc(F)c(-c4cc(F)c5nc(C)cc(C(F)F)c5c4)n3)nc2)CC1. The Morgan fingerprint density at radius 2 is 1.81 bits per heavy atom. The van der Waals surface area contributed by atoms with Gasteiger partial charge < -0.3 is 19.9 Å². The van der Waals surface area contributed by atoms with Gasteiger partial charge in [0.05, 0.1) is 24.7 Å². The van der Waals surface area contributed by atoms with E-state index in [4.69, 9.17) is 4.74 Å². The van der Waals surface area contributed by atoms with E-state index in [1.807, 2.05) is 13.0 Å². The molecule has 13 heteroatoms. The lowest BCUT2D eigenvalue weighted by Crippen LogP contribution is -2.49. The van der Waals surface area contributed by atoms with Crippen molar-refractivity contribution in [1.82, 2.24) is 24.8 Å². The predicted octanol–water partition coefficient (Wildman–Crippen LogP) is 6.41. The van der Waals surface area contributed by atoms with E-state index >= 15 is 0 Å². The summed E-state index contributed by atoms with van der Waals surface area (Å²) in [4.78, 5) is 32.5. The average Bonchev–Trinajstić information content (AvgIpc) is 2.98. The van der Waals surface area contributed by atoms with Crippen molar-refractivity contribution in [3.63, 3.8) is 0 Å². The van der Waals surface area contributed by atoms with Gasteiger partial charge in [-0.15, -0.1) is 0 Å². The molecule has 1 aromatic carbocycles. The number of rotatable bonds is 8. The van der Waals surface area contributed by atoms with Gasteiger partial charge in [0.2, 0.25) is 5.95 Å². The second-order valence-electron chi connectivity index (χ2n) is 9.87. The van der Waals surface area contributed by atoms with Gasteiger partial charge in [-0.2, -0.15) is 0 Å². The van der Waals surface area contributed by atoms with E-state index < -0.39 is 23.6 Å². The number of piperazine rings is 1. The highest BCUT2D eigenvalue weighted by Crippen LogP contribution is 2.33. The Bertz CT molecular complexity index is 1580. The zero-order chi connectivity index (χ0) is 29.8. The molecule has 1 fully saturated rings. The van der Waals surface area contributed by atoms with Crippen molar-refractivity contribution in [2.45, 2.75) is 33.1 Å². The number of aryl methyl sites for hydroxylation is 1. The number of ether oxygens (including phenoxy) is 1. The normalized spacial score (nSPS) is 13.6. The van der Waals surface area contributed by atoms with Crippen molar-refractivity contribution in [3.05, 3.63) is 65.6 Å². The third-order valence-electron chi connectivity index (χ3n) is 6.89. The Morgan fingerprint density at radius 3 is 2.50 bits per heavy atom. The standard InChI is InChI=1S/C29H29F4N7O2/c1-3-4-11-42-29(41)40-9-7-39(8-10-40)19-5-6-24(34-15-19)37-28-35-16-23(31)25(38-28)18-13-20-21(27(32)33)12-17(2)36-26(20)22(30)14-18/h5-6,12-16,27H,3-4,7-11H2,1-2H3,(H,34,35,37,38). The molecular weight excluding hydrogens is 554 g/mol. The first-order valence-electron chi connectivity index (χ1n) is 13.5. The van der Waals surface area contributed by atoms with E-state index in [-0.39, 0.29) is 39.9 Å². The number of pyridine rings is 2. The van der Waals surface area contributed by atoms with E-state index in [2.05, 4.69) is 30.2 Å². The van der Waals surface area contributed by atoms with Crippen molar-refractivity contribution in [2.24, 2.45) is 0 Å². The molecule has 220 valence electrons. The van der Waals surface area contributed by atoms with Gasteiger partial charge >= 0.3 is 6.09 Å². The molecule has 3 aromatic heterocycles. The third kappa shape index (κ3) is 6.34. The molecule has 0 atom stereocenters. The van der Waals surface area contributed by atoms with Crippen LogP contribution in [0.5, 0.6) is 0 Å². The Balaban J connectivity index is 1.29. The summed E-state index contributed by atoms with van der Waals surface area (Å²) in [5.74, 6) is -1.36. The first kappa shape index (κ1) is 29.0. The number of hydrogen-bond acceptors (Lipinski definition) is 8. The summed E-state index contributed by atoms with van der Waals surface area (Å²) >= 11 is 0. The van der Waals surface area contributed by atoms with Crippen LogP contribution in [0.25, 0.3) is 22.2 Å². The zero-order valence-corrected chi connectivity index (χ0v) is 23.1. The topological polar surface area (TPSA) is 96.4 Å². The summed E-state index contributed by atoms with van der Waals surface area (Å²) in [5.41, 5.74) is 0.171. The number of unbranched alkanes of at least 4 members (excludes halogenated alkanes) is 1. The van der Waals surface area contributed by atoms with Crippen molar-refractivity contribution in [3.8, 4) is 11.3 Å². The van der Waals surface area contributed by atoms with Crippen molar-refractivity contribution in [1.29, 1.82) is 0 Å². The Kier molecular flexibility index (Phi) is 8.64. The van der Waals surface area contributed by atoms with Crippen LogP contribution in [0.4, 0.5) is 39.8 Å². The van der Waals surface area contributed by atoms with Crippen LogP contribution in [-0.2, 0) is 4.74 Å². The highest BCUT2D eigenvalue weighted by Gasteiger charge is 2.23. The minimum atomic E-state index is -2.87. The number of amides is 1. The molecule has 5 rings (SSSR count). The van der Waals surface area contributed by atoms with E-state index in [9.17, 15) is 22.4 Å². The minimum Gasteiger partial charge on any atom is -0.449 e. The zero-order valence-electron chi connectivity index (χ0n) is 23.1. The summed E-state index contributed by atoms with van der Waals surface area (Å²) in [6, 6.07) is 6.98. The molecule has 0 bridgehead atoms. The number of anilines is 3. The maximum atomic E-state index is 14.9. The van der Waals surface area contributed by atoms with Crippen LogP contribution in [0.2, 0.25) is 0 Å². The van der Waals surface area contributed by atoms with Gasteiger partial charge in [0.1, 0.15) is 22.8 Å². The molecule has 1 aliphatic heterocycles. The fourth-order valence-corrected chi connectivity index (χ4v) is 4.70. The number of alkyl halides is 2. The Hall–Kier alpha value is -4.55. The van der Waals surface area contributed by atoms with Crippen LogP contribution in [0, 0.1) is 18.6 Å². The quantitative estimate of drug-likeness (QED) is 0.188. The number of carbonyl (C=O) groups is 1. The smallest absolute Gasteiger partial charge is 0.409 e. The number of nitrogens with zero attached hydrogens (tertiary/aromatic N) is 6. The maximum Gasteiger partial charge on any atom is 0.409 e. The van der Waals surface area contributed by atoms with Gasteiger partial charge in [-0.25, -0.2) is 37.3 Å². The molecule has 0 unspecified atom stereocenters. The van der Waals surface area contributed by atoms with Crippen LogP contribution in [0.15, 0.2) is 42.7 Å². The van der Waals surface area contributed by atoms with E-state index in [1.165, 1.54) is 19.1 Å². The molecule has 42 heavy (non-hydrogen) atoms. The average molecular weight is 584 g/mol. The van der Waals surface area contributed by atoms with Gasteiger partial charge in [0.25, 0.3) is 6.43 Å². The maximum absolute atomic E-state index is 14.9. The predicted molar refractivity (Wildman–Crippen MR) is 150 cm³/mol. The number of carbonyl (C=O) groups excluding carboxylic acids is 1. The first-order valence-corrected chi connectivity index (χ1v) is 13.5. The van der Waals surface area contributed by atoms with Crippen LogP contribution in [0.3, 0.4) is 0 Å². The summed E-state index contributed by atoms with van der Waals surface area (Å²) in [7, 11) is 0. The minimum absolute atomic E-state index is 0.0153. The van der Waals surface area contributed by atoms with Gasteiger partial charge in [-0.3, -0.25) is 4.98 Å². The number of aromatic nitrogens is 4. The number of benzene rings is 1. The number of fused-ring (bicyclic) bond motifs is 1. The van der Waals surface area contributed by atoms with Crippen molar-refractivity contribution < 1.29 is 27.1 Å². The molecule has 1 N–H and O–H groups in total. The molecule has 0 saturated carbocycles. The number of nitrogens with one attached hydrogen (secondary N) is 1. The van der Waals surface area contributed by atoms with Crippen LogP contribution < -0.4 is 10.2 Å². The lowest BCUT2D eigenvalue weighted by molar-refractivity contribution is 0.0989. The summed E-state index contributed by atoms with van der Waals surface area (Å²) in [6.45, 7) is 6.24. The molecule has 9 nitrogen and oxygen atoms in total. The summed E-state index contributed by atoms with van der Waals surface area (Å²) in [6.07, 6.45) is 1.19. The van der Waals surface area contributed by atoms with Gasteiger partial charge in [-0.05, 0) is 43.7 Å².